The highest BCUT2D eigenvalue weighted by Crippen LogP contribution is 2.25. The van der Waals surface area contributed by atoms with E-state index in [1.807, 2.05) is 6.92 Å². The second-order valence-corrected chi connectivity index (χ2v) is 4.07. The largest absolute Gasteiger partial charge is 0.475 e. The first kappa shape index (κ1) is 10.9. The fourth-order valence-corrected chi connectivity index (χ4v) is 1.67. The van der Waals surface area contributed by atoms with Gasteiger partial charge in [0.05, 0.1) is 0 Å². The number of fused-ring (bicyclic) bond motifs is 1. The average Bonchev–Trinajstić information content (AvgIpc) is 2.61. The van der Waals surface area contributed by atoms with Crippen molar-refractivity contribution in [2.75, 3.05) is 6.61 Å². The second-order valence-electron chi connectivity index (χ2n) is 4.07. The van der Waals surface area contributed by atoms with Crippen LogP contribution in [0.25, 0.3) is 0 Å². The molecule has 16 heavy (non-hydrogen) atoms. The molecule has 0 aliphatic carbocycles. The highest BCUT2D eigenvalue weighted by Gasteiger charge is 2.30. The van der Waals surface area contributed by atoms with Crippen molar-refractivity contribution in [2.45, 2.75) is 31.9 Å². The highest BCUT2D eigenvalue weighted by atomic mass is 16.5. The molecule has 2 rings (SSSR count). The van der Waals surface area contributed by atoms with E-state index < -0.39 is 11.5 Å². The van der Waals surface area contributed by atoms with Gasteiger partial charge < -0.3 is 15.6 Å². The number of rotatable bonds is 2. The van der Waals surface area contributed by atoms with Crippen LogP contribution < -0.4 is 10.5 Å². The predicted octanol–water partition coefficient (Wildman–Crippen LogP) is -0.0944. The first-order chi connectivity index (χ1) is 7.54. The van der Waals surface area contributed by atoms with E-state index in [0.29, 0.717) is 25.3 Å². The molecule has 0 fully saturated rings. The molecule has 3 N–H and O–H groups in total. The number of carbonyl (C=O) groups excluding carboxylic acids is 1. The van der Waals surface area contributed by atoms with E-state index in [4.69, 9.17) is 10.5 Å². The number of nitrogens with zero attached hydrogens (tertiary/aromatic N) is 2. The van der Waals surface area contributed by atoms with Crippen molar-refractivity contribution < 1.29 is 14.6 Å². The Balaban J connectivity index is 2.22. The number of primary amides is 1. The molecule has 88 valence electrons. The van der Waals surface area contributed by atoms with E-state index in [9.17, 15) is 9.90 Å². The van der Waals surface area contributed by atoms with Crippen molar-refractivity contribution in [1.29, 1.82) is 0 Å². The van der Waals surface area contributed by atoms with Gasteiger partial charge in [-0.2, -0.15) is 5.10 Å². The normalized spacial score (nSPS) is 24.4. The summed E-state index contributed by atoms with van der Waals surface area (Å²) in [5.41, 5.74) is 4.50. The summed E-state index contributed by atoms with van der Waals surface area (Å²) in [5.74, 6) is -0.0897. The molecule has 6 heteroatoms. The molecule has 2 heterocycles. The summed E-state index contributed by atoms with van der Waals surface area (Å²) >= 11 is 0. The zero-order valence-electron chi connectivity index (χ0n) is 9.14. The van der Waals surface area contributed by atoms with Crippen molar-refractivity contribution in [3.8, 4) is 5.88 Å². The summed E-state index contributed by atoms with van der Waals surface area (Å²) in [6.45, 7) is 2.65. The van der Waals surface area contributed by atoms with Gasteiger partial charge in [0.2, 0.25) is 5.88 Å². The fraction of sp³-hybridized carbons (Fsp3) is 0.600. The third-order valence-corrected chi connectivity index (χ3v) is 2.93. The van der Waals surface area contributed by atoms with E-state index in [1.54, 1.807) is 4.68 Å². The van der Waals surface area contributed by atoms with E-state index in [2.05, 4.69) is 5.10 Å². The summed E-state index contributed by atoms with van der Waals surface area (Å²) in [6, 6.07) is 1.50. The topological polar surface area (TPSA) is 90.4 Å². The maximum absolute atomic E-state index is 10.9. The van der Waals surface area contributed by atoms with Crippen molar-refractivity contribution in [1.82, 2.24) is 9.78 Å². The predicted molar refractivity (Wildman–Crippen MR) is 56.1 cm³/mol. The number of hydrogen-bond donors (Lipinski definition) is 2. The number of ether oxygens (including phenoxy) is 1. The molecule has 0 radical (unpaired) electrons. The molecule has 1 amide bonds. The Kier molecular flexibility index (Phi) is 2.59. The number of nitrogens with two attached hydrogens (primary N) is 1. The molecule has 0 saturated carbocycles. The summed E-state index contributed by atoms with van der Waals surface area (Å²) in [4.78, 5) is 10.9. The molecule has 1 aliphatic heterocycles. The number of aliphatic hydroxyl groups is 1. The van der Waals surface area contributed by atoms with Gasteiger partial charge in [0.1, 0.15) is 12.2 Å². The van der Waals surface area contributed by atoms with Gasteiger partial charge in [-0.1, -0.05) is 6.92 Å². The molecule has 1 aromatic heterocycles. The molecule has 1 atom stereocenters. The molecule has 0 saturated heterocycles. The van der Waals surface area contributed by atoms with E-state index in [0.717, 1.165) is 0 Å². The Morgan fingerprint density at radius 1 is 1.81 bits per heavy atom. The summed E-state index contributed by atoms with van der Waals surface area (Å²) in [6.07, 6.45) is 1.18. The molecule has 0 bridgehead atoms. The van der Waals surface area contributed by atoms with Gasteiger partial charge in [-0.25, -0.2) is 4.68 Å². The van der Waals surface area contributed by atoms with E-state index in [-0.39, 0.29) is 12.3 Å². The van der Waals surface area contributed by atoms with Gasteiger partial charge in [-0.15, -0.1) is 0 Å². The third-order valence-electron chi connectivity index (χ3n) is 2.93. The molecule has 0 aromatic carbocycles. The van der Waals surface area contributed by atoms with E-state index >= 15 is 0 Å². The SMILES string of the molecule is CCC1(O)CCn2nc(C(N)=O)cc2OC1. The first-order valence-corrected chi connectivity index (χ1v) is 5.27. The Hall–Kier alpha value is -1.56. The quantitative estimate of drug-likeness (QED) is 0.735. The minimum atomic E-state index is -0.812. The second kappa shape index (κ2) is 3.79. The summed E-state index contributed by atoms with van der Waals surface area (Å²) in [5, 5.41) is 14.1. The van der Waals surface area contributed by atoms with Crippen molar-refractivity contribution >= 4 is 5.91 Å². The van der Waals surface area contributed by atoms with Crippen LogP contribution in [0.5, 0.6) is 5.88 Å². The molecule has 1 aliphatic rings. The lowest BCUT2D eigenvalue weighted by molar-refractivity contribution is -0.0100. The molecule has 0 spiro atoms. The zero-order chi connectivity index (χ0) is 11.8. The van der Waals surface area contributed by atoms with Crippen LogP contribution in [0.3, 0.4) is 0 Å². The number of hydrogen-bond acceptors (Lipinski definition) is 4. The standard InChI is InChI=1S/C10H15N3O3/c1-2-10(15)3-4-13-8(16-6-10)5-7(12-13)9(11)14/h5,15H,2-4,6H2,1H3,(H2,11,14). The maximum Gasteiger partial charge on any atom is 0.269 e. The minimum Gasteiger partial charge on any atom is -0.475 e. The molecular weight excluding hydrogens is 210 g/mol. The summed E-state index contributed by atoms with van der Waals surface area (Å²) in [7, 11) is 0. The van der Waals surface area contributed by atoms with Crippen LogP contribution in [-0.2, 0) is 6.54 Å². The van der Waals surface area contributed by atoms with Crippen LogP contribution >= 0.6 is 0 Å². The monoisotopic (exact) mass is 225 g/mol. The highest BCUT2D eigenvalue weighted by molar-refractivity contribution is 5.91. The summed E-state index contributed by atoms with van der Waals surface area (Å²) < 4.78 is 6.99. The van der Waals surface area contributed by atoms with Crippen molar-refractivity contribution in [3.05, 3.63) is 11.8 Å². The number of aryl methyl sites for hydroxylation is 1. The molecule has 1 aromatic rings. The van der Waals surface area contributed by atoms with Crippen LogP contribution in [0.15, 0.2) is 6.07 Å². The molecule has 1 unspecified atom stereocenters. The Morgan fingerprint density at radius 2 is 2.56 bits per heavy atom. The van der Waals surface area contributed by atoms with Crippen LogP contribution in [-0.4, -0.2) is 33.0 Å². The van der Waals surface area contributed by atoms with Gasteiger partial charge in [-0.3, -0.25) is 4.79 Å². The van der Waals surface area contributed by atoms with Crippen LogP contribution in [0.1, 0.15) is 30.3 Å². The lowest BCUT2D eigenvalue weighted by Gasteiger charge is -2.23. The van der Waals surface area contributed by atoms with Gasteiger partial charge in [0.25, 0.3) is 5.91 Å². The van der Waals surface area contributed by atoms with Gasteiger partial charge in [0, 0.05) is 12.6 Å². The maximum atomic E-state index is 10.9. The first-order valence-electron chi connectivity index (χ1n) is 5.27. The van der Waals surface area contributed by atoms with Gasteiger partial charge >= 0.3 is 0 Å². The third kappa shape index (κ3) is 1.88. The van der Waals surface area contributed by atoms with Crippen molar-refractivity contribution in [3.63, 3.8) is 0 Å². The smallest absolute Gasteiger partial charge is 0.269 e. The minimum absolute atomic E-state index is 0.192. The Morgan fingerprint density at radius 3 is 3.19 bits per heavy atom. The zero-order valence-corrected chi connectivity index (χ0v) is 9.14. The molecule has 6 nitrogen and oxygen atoms in total. The number of amides is 1. The van der Waals surface area contributed by atoms with Crippen molar-refractivity contribution in [2.24, 2.45) is 5.73 Å². The van der Waals surface area contributed by atoms with Gasteiger partial charge in [0.15, 0.2) is 5.69 Å². The Labute approximate surface area is 93.0 Å². The van der Waals surface area contributed by atoms with Crippen LogP contribution in [0, 0.1) is 0 Å². The Bertz CT molecular complexity index is 388. The van der Waals surface area contributed by atoms with E-state index in [1.165, 1.54) is 6.07 Å². The fourth-order valence-electron chi connectivity index (χ4n) is 1.67. The lowest BCUT2D eigenvalue weighted by atomic mass is 9.98. The van der Waals surface area contributed by atoms with Crippen LogP contribution in [0.4, 0.5) is 0 Å². The van der Waals surface area contributed by atoms with Gasteiger partial charge in [-0.05, 0) is 12.8 Å². The average molecular weight is 225 g/mol. The van der Waals surface area contributed by atoms with Crippen LogP contribution in [0.2, 0.25) is 0 Å². The number of aromatic nitrogens is 2. The lowest BCUT2D eigenvalue weighted by Crippen LogP contribution is -2.34. The number of carbonyl (C=O) groups is 1. The molecular formula is C10H15N3O3.